The van der Waals surface area contributed by atoms with Gasteiger partial charge in [0.1, 0.15) is 0 Å². The monoisotopic (exact) mass is 268 g/mol. The first-order valence-electron chi connectivity index (χ1n) is 7.77. The van der Waals surface area contributed by atoms with E-state index >= 15 is 0 Å². The number of likely N-dealkylation sites (N-methyl/N-ethyl adjacent to an activating group) is 1. The number of nitrogens with one attached hydrogen (secondary N) is 1. The molecule has 2 unspecified atom stereocenters. The molecule has 110 valence electrons. The predicted molar refractivity (Wildman–Crippen MR) is 76.0 cm³/mol. The van der Waals surface area contributed by atoms with Crippen molar-refractivity contribution in [3.63, 3.8) is 0 Å². The molecule has 0 bridgehead atoms. The second kappa shape index (κ2) is 7.25. The summed E-state index contributed by atoms with van der Waals surface area (Å²) < 4.78 is 5.07. The van der Waals surface area contributed by atoms with Gasteiger partial charge in [-0.15, -0.1) is 0 Å². The molecule has 2 aliphatic rings. The Morgan fingerprint density at radius 1 is 1.26 bits per heavy atom. The Morgan fingerprint density at radius 2 is 2.00 bits per heavy atom. The van der Waals surface area contributed by atoms with Crippen LogP contribution in [-0.2, 0) is 9.53 Å². The zero-order chi connectivity index (χ0) is 13.7. The number of hydrogen-bond acceptors (Lipinski definition) is 4. The Labute approximate surface area is 116 Å². The van der Waals surface area contributed by atoms with Crippen molar-refractivity contribution in [2.24, 2.45) is 5.92 Å². The molecule has 0 amide bonds. The molecule has 1 heterocycles. The second-order valence-corrected chi connectivity index (χ2v) is 6.18. The summed E-state index contributed by atoms with van der Waals surface area (Å²) in [5.41, 5.74) is 0. The van der Waals surface area contributed by atoms with Crippen molar-refractivity contribution in [1.29, 1.82) is 0 Å². The van der Waals surface area contributed by atoms with E-state index in [0.717, 1.165) is 19.5 Å². The van der Waals surface area contributed by atoms with Crippen LogP contribution in [0.1, 0.15) is 45.4 Å². The van der Waals surface area contributed by atoms with E-state index in [-0.39, 0.29) is 5.97 Å². The van der Waals surface area contributed by atoms with Crippen molar-refractivity contribution in [2.45, 2.75) is 57.5 Å². The number of ether oxygens (including phenoxy) is 1. The number of hydrogen-bond donors (Lipinski definition) is 1. The number of likely N-dealkylation sites (tertiary alicyclic amines) is 1. The van der Waals surface area contributed by atoms with E-state index in [9.17, 15) is 4.79 Å². The molecule has 0 aromatic rings. The van der Waals surface area contributed by atoms with Gasteiger partial charge in [0.2, 0.25) is 0 Å². The van der Waals surface area contributed by atoms with Crippen LogP contribution in [0.2, 0.25) is 0 Å². The maximum Gasteiger partial charge on any atom is 0.306 e. The molecule has 0 aromatic carbocycles. The lowest BCUT2D eigenvalue weighted by Gasteiger charge is -2.37. The smallest absolute Gasteiger partial charge is 0.306 e. The van der Waals surface area contributed by atoms with Gasteiger partial charge < -0.3 is 15.0 Å². The summed E-state index contributed by atoms with van der Waals surface area (Å²) in [6, 6.07) is 1.25. The minimum Gasteiger partial charge on any atom is -0.466 e. The van der Waals surface area contributed by atoms with Crippen LogP contribution < -0.4 is 5.32 Å². The normalized spacial score (nSPS) is 29.6. The van der Waals surface area contributed by atoms with E-state index in [1.54, 1.807) is 0 Å². The minimum atomic E-state index is -0.0394. The zero-order valence-electron chi connectivity index (χ0n) is 12.4. The highest BCUT2D eigenvalue weighted by Crippen LogP contribution is 2.23. The number of rotatable bonds is 5. The fraction of sp³-hybridized carbons (Fsp3) is 0.933. The third-order valence-electron chi connectivity index (χ3n) is 4.31. The molecular weight excluding hydrogens is 240 g/mol. The lowest BCUT2D eigenvalue weighted by atomic mass is 9.91. The van der Waals surface area contributed by atoms with E-state index in [0.29, 0.717) is 31.0 Å². The molecule has 1 saturated carbocycles. The van der Waals surface area contributed by atoms with Crippen LogP contribution in [0.5, 0.6) is 0 Å². The van der Waals surface area contributed by atoms with Crippen molar-refractivity contribution < 1.29 is 9.53 Å². The minimum absolute atomic E-state index is 0.0394. The van der Waals surface area contributed by atoms with Crippen molar-refractivity contribution >= 4 is 5.97 Å². The molecule has 4 heteroatoms. The van der Waals surface area contributed by atoms with Crippen LogP contribution >= 0.6 is 0 Å². The molecule has 1 saturated heterocycles. The largest absolute Gasteiger partial charge is 0.466 e. The van der Waals surface area contributed by atoms with Crippen LogP contribution in [0.4, 0.5) is 0 Å². The summed E-state index contributed by atoms with van der Waals surface area (Å²) in [7, 11) is 2.15. The van der Waals surface area contributed by atoms with Gasteiger partial charge in [0, 0.05) is 31.6 Å². The predicted octanol–water partition coefficient (Wildman–Crippen LogP) is 1.79. The van der Waals surface area contributed by atoms with Gasteiger partial charge in [0.15, 0.2) is 0 Å². The van der Waals surface area contributed by atoms with Gasteiger partial charge in [-0.2, -0.15) is 0 Å². The third kappa shape index (κ3) is 4.77. The molecule has 19 heavy (non-hydrogen) atoms. The Balaban J connectivity index is 1.79. The van der Waals surface area contributed by atoms with E-state index in [1.165, 1.54) is 25.7 Å². The summed E-state index contributed by atoms with van der Waals surface area (Å²) in [5.74, 6) is 0.402. The molecule has 4 nitrogen and oxygen atoms in total. The van der Waals surface area contributed by atoms with Gasteiger partial charge in [-0.3, -0.25) is 4.79 Å². The van der Waals surface area contributed by atoms with Crippen LogP contribution in [0.15, 0.2) is 0 Å². The molecular formula is C15H28N2O2. The van der Waals surface area contributed by atoms with Gasteiger partial charge in [-0.05, 0) is 39.2 Å². The highest BCUT2D eigenvalue weighted by atomic mass is 16.5. The molecule has 0 spiro atoms. The van der Waals surface area contributed by atoms with Crippen LogP contribution in [0, 0.1) is 5.92 Å². The van der Waals surface area contributed by atoms with Gasteiger partial charge in [0.05, 0.1) is 6.61 Å². The van der Waals surface area contributed by atoms with Crippen LogP contribution in [-0.4, -0.2) is 49.7 Å². The standard InChI is InChI=1S/C15H28N2O2/c1-3-19-15(18)9-12-8-14(11-17(2)10-12)16-13-6-4-5-7-13/h12-14,16H,3-11H2,1-2H3. The lowest BCUT2D eigenvalue weighted by molar-refractivity contribution is -0.144. The fourth-order valence-corrected chi connectivity index (χ4v) is 3.59. The number of piperidine rings is 1. The SMILES string of the molecule is CCOC(=O)CC1CC(NC2CCCC2)CN(C)C1. The summed E-state index contributed by atoms with van der Waals surface area (Å²) in [6.07, 6.45) is 7.06. The lowest BCUT2D eigenvalue weighted by Crippen LogP contribution is -2.50. The molecule has 1 aliphatic carbocycles. The van der Waals surface area contributed by atoms with Gasteiger partial charge in [0.25, 0.3) is 0 Å². The fourth-order valence-electron chi connectivity index (χ4n) is 3.59. The average molecular weight is 268 g/mol. The molecule has 0 aromatic heterocycles. The third-order valence-corrected chi connectivity index (χ3v) is 4.31. The number of carbonyl (C=O) groups excluding carboxylic acids is 1. The average Bonchev–Trinajstić information content (AvgIpc) is 2.81. The van der Waals surface area contributed by atoms with Crippen molar-refractivity contribution in [2.75, 3.05) is 26.7 Å². The molecule has 1 N–H and O–H groups in total. The summed E-state index contributed by atoms with van der Waals surface area (Å²) in [5, 5.41) is 3.79. The summed E-state index contributed by atoms with van der Waals surface area (Å²) in [6.45, 7) is 4.48. The van der Waals surface area contributed by atoms with Gasteiger partial charge in [-0.25, -0.2) is 0 Å². The topological polar surface area (TPSA) is 41.6 Å². The van der Waals surface area contributed by atoms with E-state index < -0.39 is 0 Å². The number of esters is 1. The van der Waals surface area contributed by atoms with Gasteiger partial charge >= 0.3 is 5.97 Å². The summed E-state index contributed by atoms with van der Waals surface area (Å²) >= 11 is 0. The Hall–Kier alpha value is -0.610. The van der Waals surface area contributed by atoms with Crippen molar-refractivity contribution in [1.82, 2.24) is 10.2 Å². The molecule has 0 radical (unpaired) electrons. The Morgan fingerprint density at radius 3 is 2.68 bits per heavy atom. The van der Waals surface area contributed by atoms with Crippen molar-refractivity contribution in [3.05, 3.63) is 0 Å². The maximum atomic E-state index is 11.6. The van der Waals surface area contributed by atoms with E-state index in [1.807, 2.05) is 6.92 Å². The molecule has 2 fully saturated rings. The zero-order valence-corrected chi connectivity index (χ0v) is 12.4. The quantitative estimate of drug-likeness (QED) is 0.772. The Kier molecular flexibility index (Phi) is 5.64. The number of nitrogens with zero attached hydrogens (tertiary/aromatic N) is 1. The first-order chi connectivity index (χ1) is 9.17. The van der Waals surface area contributed by atoms with Gasteiger partial charge in [-0.1, -0.05) is 12.8 Å². The molecule has 2 atom stereocenters. The molecule has 1 aliphatic heterocycles. The Bertz CT molecular complexity index is 290. The first-order valence-corrected chi connectivity index (χ1v) is 7.77. The van der Waals surface area contributed by atoms with E-state index in [2.05, 4.69) is 17.3 Å². The molecule has 2 rings (SSSR count). The van der Waals surface area contributed by atoms with Crippen LogP contribution in [0.3, 0.4) is 0 Å². The number of carbonyl (C=O) groups is 1. The highest BCUT2D eigenvalue weighted by Gasteiger charge is 2.29. The first kappa shape index (κ1) is 14.8. The highest BCUT2D eigenvalue weighted by molar-refractivity contribution is 5.69. The summed E-state index contributed by atoms with van der Waals surface area (Å²) in [4.78, 5) is 14.0. The van der Waals surface area contributed by atoms with E-state index in [4.69, 9.17) is 4.74 Å². The van der Waals surface area contributed by atoms with Crippen molar-refractivity contribution in [3.8, 4) is 0 Å². The van der Waals surface area contributed by atoms with Crippen LogP contribution in [0.25, 0.3) is 0 Å². The maximum absolute atomic E-state index is 11.6. The second-order valence-electron chi connectivity index (χ2n) is 6.18.